The van der Waals surface area contributed by atoms with Crippen molar-refractivity contribution in [2.75, 3.05) is 11.9 Å². The van der Waals surface area contributed by atoms with Gasteiger partial charge >= 0.3 is 5.97 Å². The van der Waals surface area contributed by atoms with E-state index in [-0.39, 0.29) is 55.6 Å². The minimum absolute atomic E-state index is 0.0220. The lowest BCUT2D eigenvalue weighted by atomic mass is 9.85. The van der Waals surface area contributed by atoms with Crippen LogP contribution >= 0.6 is 11.3 Å². The quantitative estimate of drug-likeness (QED) is 0.363. The second-order valence-corrected chi connectivity index (χ2v) is 9.11. The molecular formula is C24H25N3O5S. The first-order valence-electron chi connectivity index (χ1n) is 10.9. The highest BCUT2D eigenvalue weighted by Crippen LogP contribution is 2.35. The summed E-state index contributed by atoms with van der Waals surface area (Å²) in [6, 6.07) is 7.53. The molecule has 2 atom stereocenters. The van der Waals surface area contributed by atoms with Gasteiger partial charge in [-0.3, -0.25) is 24.1 Å². The molecule has 9 heteroatoms. The highest BCUT2D eigenvalue weighted by Gasteiger charge is 2.46. The molecule has 1 aromatic heterocycles. The third-order valence-electron chi connectivity index (χ3n) is 5.85. The molecule has 3 amide bonds. The number of para-hydroxylation sites is 1. The van der Waals surface area contributed by atoms with E-state index < -0.39 is 5.97 Å². The van der Waals surface area contributed by atoms with E-state index in [1.807, 2.05) is 43.3 Å². The topological polar surface area (TPSA) is 106 Å². The van der Waals surface area contributed by atoms with E-state index in [1.54, 1.807) is 5.38 Å². The number of carbonyl (C=O) groups excluding carboxylic acids is 4. The van der Waals surface area contributed by atoms with Crippen LogP contribution in [0.1, 0.15) is 35.5 Å². The summed E-state index contributed by atoms with van der Waals surface area (Å²) in [6.07, 6.45) is 5.08. The van der Waals surface area contributed by atoms with Crippen LogP contribution in [0.15, 0.2) is 41.8 Å². The Labute approximate surface area is 195 Å². The number of nitrogens with zero attached hydrogens (tertiary/aromatic N) is 2. The number of nitrogens with one attached hydrogen (secondary N) is 1. The summed E-state index contributed by atoms with van der Waals surface area (Å²) >= 11 is 1.32. The van der Waals surface area contributed by atoms with Crippen molar-refractivity contribution in [3.63, 3.8) is 0 Å². The van der Waals surface area contributed by atoms with Gasteiger partial charge in [0.1, 0.15) is 11.6 Å². The van der Waals surface area contributed by atoms with Gasteiger partial charge in [-0.25, -0.2) is 4.98 Å². The van der Waals surface area contributed by atoms with E-state index in [0.717, 1.165) is 11.3 Å². The van der Waals surface area contributed by atoms with E-state index in [2.05, 4.69) is 10.3 Å². The van der Waals surface area contributed by atoms with Crippen LogP contribution in [0.4, 0.5) is 5.69 Å². The minimum Gasteiger partial charge on any atom is -0.459 e. The number of aromatic nitrogens is 1. The number of anilines is 1. The maximum absolute atomic E-state index is 12.4. The fourth-order valence-electron chi connectivity index (χ4n) is 4.06. The van der Waals surface area contributed by atoms with Crippen LogP contribution < -0.4 is 5.32 Å². The summed E-state index contributed by atoms with van der Waals surface area (Å²) in [6.45, 7) is 1.93. The number of hydrogen-bond acceptors (Lipinski definition) is 7. The zero-order valence-electron chi connectivity index (χ0n) is 18.3. The predicted octanol–water partition coefficient (Wildman–Crippen LogP) is 3.02. The van der Waals surface area contributed by atoms with E-state index >= 15 is 0 Å². The van der Waals surface area contributed by atoms with Crippen molar-refractivity contribution in [3.05, 3.63) is 58.1 Å². The average molecular weight is 468 g/mol. The standard InChI is InChI=1S/C24H25N3O5S/c1-15-6-2-5-9-19(15)26-20(28)12-21-25-16(14-33-21)13-32-22(29)10-11-27-23(30)17-7-3-4-8-18(17)24(27)31/h2-6,9,14,17-18H,7-8,10-13H2,1H3,(H,26,28)/t17-,18-/m1/s1. The first kappa shape index (κ1) is 22.8. The van der Waals surface area contributed by atoms with Crippen molar-refractivity contribution < 1.29 is 23.9 Å². The number of benzene rings is 1. The summed E-state index contributed by atoms with van der Waals surface area (Å²) in [7, 11) is 0. The number of amides is 3. The molecule has 8 nitrogen and oxygen atoms in total. The number of fused-ring (bicyclic) bond motifs is 1. The number of esters is 1. The highest BCUT2D eigenvalue weighted by atomic mass is 32.1. The van der Waals surface area contributed by atoms with Gasteiger partial charge in [0.25, 0.3) is 0 Å². The fourth-order valence-corrected chi connectivity index (χ4v) is 4.84. The van der Waals surface area contributed by atoms with Crippen molar-refractivity contribution in [2.24, 2.45) is 11.8 Å². The largest absolute Gasteiger partial charge is 0.459 e. The van der Waals surface area contributed by atoms with Crippen molar-refractivity contribution in [2.45, 2.75) is 39.2 Å². The molecule has 33 heavy (non-hydrogen) atoms. The summed E-state index contributed by atoms with van der Waals surface area (Å²) in [5, 5.41) is 5.23. The summed E-state index contributed by atoms with van der Waals surface area (Å²) < 4.78 is 5.25. The zero-order chi connectivity index (χ0) is 23.4. The van der Waals surface area contributed by atoms with Gasteiger partial charge in [-0.15, -0.1) is 11.3 Å². The number of aryl methyl sites for hydroxylation is 1. The van der Waals surface area contributed by atoms with Gasteiger partial charge in [-0.05, 0) is 31.4 Å². The van der Waals surface area contributed by atoms with Crippen LogP contribution in [0, 0.1) is 18.8 Å². The first-order chi connectivity index (χ1) is 15.9. The maximum Gasteiger partial charge on any atom is 0.307 e. The molecule has 0 saturated carbocycles. The molecule has 1 aliphatic carbocycles. The lowest BCUT2D eigenvalue weighted by Crippen LogP contribution is -2.33. The van der Waals surface area contributed by atoms with Gasteiger partial charge in [-0.1, -0.05) is 30.4 Å². The van der Waals surface area contributed by atoms with Gasteiger partial charge in [0.05, 0.1) is 30.4 Å². The van der Waals surface area contributed by atoms with Gasteiger partial charge in [0.15, 0.2) is 0 Å². The highest BCUT2D eigenvalue weighted by molar-refractivity contribution is 7.09. The summed E-state index contributed by atoms with van der Waals surface area (Å²) in [5.74, 6) is -1.66. The molecular weight excluding hydrogens is 442 g/mol. The fraction of sp³-hybridized carbons (Fsp3) is 0.375. The molecule has 2 aliphatic rings. The molecule has 0 bridgehead atoms. The van der Waals surface area contributed by atoms with E-state index in [1.165, 1.54) is 16.2 Å². The second-order valence-electron chi connectivity index (χ2n) is 8.17. The van der Waals surface area contributed by atoms with E-state index in [4.69, 9.17) is 4.74 Å². The Bertz CT molecular complexity index is 1080. The number of thiazole rings is 1. The Kier molecular flexibility index (Phi) is 6.98. The molecule has 1 saturated heterocycles. The summed E-state index contributed by atoms with van der Waals surface area (Å²) in [4.78, 5) is 54.9. The SMILES string of the molecule is Cc1ccccc1NC(=O)Cc1nc(COC(=O)CCN2C(=O)[C@@H]3CC=CC[C@H]3C2=O)cs1. The number of ether oxygens (including phenoxy) is 1. The Balaban J connectivity index is 1.21. The van der Waals surface area contributed by atoms with Crippen molar-refractivity contribution in [1.82, 2.24) is 9.88 Å². The van der Waals surface area contributed by atoms with Gasteiger partial charge in [0, 0.05) is 17.6 Å². The minimum atomic E-state index is -0.504. The third-order valence-corrected chi connectivity index (χ3v) is 6.75. The van der Waals surface area contributed by atoms with Crippen LogP contribution in [-0.4, -0.2) is 40.1 Å². The Morgan fingerprint density at radius 3 is 2.55 bits per heavy atom. The van der Waals surface area contributed by atoms with Crippen molar-refractivity contribution in [3.8, 4) is 0 Å². The molecule has 172 valence electrons. The van der Waals surface area contributed by atoms with Gasteiger partial charge in [-0.2, -0.15) is 0 Å². The van der Waals surface area contributed by atoms with Crippen molar-refractivity contribution >= 4 is 40.7 Å². The predicted molar refractivity (Wildman–Crippen MR) is 122 cm³/mol. The molecule has 2 aromatic rings. The number of imide groups is 1. The smallest absolute Gasteiger partial charge is 0.307 e. The van der Waals surface area contributed by atoms with Crippen LogP contribution in [0.3, 0.4) is 0 Å². The molecule has 0 spiro atoms. The molecule has 1 fully saturated rings. The number of likely N-dealkylation sites (tertiary alicyclic amines) is 1. The molecule has 1 N–H and O–H groups in total. The van der Waals surface area contributed by atoms with E-state index in [9.17, 15) is 19.2 Å². The number of hydrogen-bond donors (Lipinski definition) is 1. The third kappa shape index (κ3) is 5.36. The maximum atomic E-state index is 12.4. The Morgan fingerprint density at radius 1 is 1.15 bits per heavy atom. The van der Waals surface area contributed by atoms with Crippen LogP contribution in [0.25, 0.3) is 0 Å². The van der Waals surface area contributed by atoms with Gasteiger partial charge in [0.2, 0.25) is 17.7 Å². The van der Waals surface area contributed by atoms with E-state index in [0.29, 0.717) is 23.5 Å². The number of allylic oxidation sites excluding steroid dienone is 2. The lowest BCUT2D eigenvalue weighted by molar-refractivity contribution is -0.147. The molecule has 1 aliphatic heterocycles. The number of carbonyl (C=O) groups is 4. The molecule has 1 aromatic carbocycles. The zero-order valence-corrected chi connectivity index (χ0v) is 19.1. The summed E-state index contributed by atoms with van der Waals surface area (Å²) in [5.41, 5.74) is 2.29. The van der Waals surface area contributed by atoms with Crippen LogP contribution in [0.5, 0.6) is 0 Å². The molecule has 0 unspecified atom stereocenters. The van der Waals surface area contributed by atoms with Crippen LogP contribution in [0.2, 0.25) is 0 Å². The average Bonchev–Trinajstić information content (AvgIpc) is 3.35. The Morgan fingerprint density at radius 2 is 1.85 bits per heavy atom. The lowest BCUT2D eigenvalue weighted by Gasteiger charge is -2.14. The van der Waals surface area contributed by atoms with Crippen LogP contribution in [-0.2, 0) is 36.9 Å². The van der Waals surface area contributed by atoms with Crippen molar-refractivity contribution in [1.29, 1.82) is 0 Å². The molecule has 2 heterocycles. The Hall–Kier alpha value is -3.33. The first-order valence-corrected chi connectivity index (χ1v) is 11.7. The normalized spacial score (nSPS) is 19.5. The molecule has 0 radical (unpaired) electrons. The monoisotopic (exact) mass is 467 g/mol. The second kappa shape index (κ2) is 10.1. The molecule has 4 rings (SSSR count). The van der Waals surface area contributed by atoms with Gasteiger partial charge < -0.3 is 10.1 Å². The number of rotatable bonds is 8.